The number of aliphatic carboxylic acids is 1. The van der Waals surface area contributed by atoms with Crippen LogP contribution in [0.4, 0.5) is 5.00 Å². The van der Waals surface area contributed by atoms with Crippen LogP contribution in [0.1, 0.15) is 95.5 Å². The Kier molecular flexibility index (Phi) is 20.3. The summed E-state index contributed by atoms with van der Waals surface area (Å²) in [5, 5.41) is 19.6. The number of amides is 3. The van der Waals surface area contributed by atoms with Crippen LogP contribution < -0.4 is 10.6 Å². The number of nitrogens with zero attached hydrogens (tertiary/aromatic N) is 4. The molecule has 66 heavy (non-hydrogen) atoms. The van der Waals surface area contributed by atoms with Crippen LogP contribution in [0.3, 0.4) is 0 Å². The lowest BCUT2D eigenvalue weighted by molar-refractivity contribution is -0.138. The largest absolute Gasteiger partial charge is 0.481 e. The van der Waals surface area contributed by atoms with E-state index in [2.05, 4.69) is 15.7 Å². The number of carboxylic acids is 1. The van der Waals surface area contributed by atoms with E-state index in [1.54, 1.807) is 42.2 Å². The van der Waals surface area contributed by atoms with Crippen molar-refractivity contribution in [1.82, 2.24) is 24.3 Å². The third kappa shape index (κ3) is 14.7. The molecule has 0 radical (unpaired) electrons. The summed E-state index contributed by atoms with van der Waals surface area (Å²) in [5.41, 5.74) is 2.51. The van der Waals surface area contributed by atoms with Crippen molar-refractivity contribution in [3.63, 3.8) is 0 Å². The van der Waals surface area contributed by atoms with Gasteiger partial charge in [-0.05, 0) is 86.6 Å². The van der Waals surface area contributed by atoms with Crippen LogP contribution in [0.5, 0.6) is 0 Å². The highest BCUT2D eigenvalue weighted by Crippen LogP contribution is 2.40. The summed E-state index contributed by atoms with van der Waals surface area (Å²) in [6.07, 6.45) is 7.31. The van der Waals surface area contributed by atoms with Crippen LogP contribution in [0.15, 0.2) is 65.8 Å². The van der Waals surface area contributed by atoms with E-state index in [9.17, 15) is 32.4 Å². The molecule has 0 unspecified atom stereocenters. The van der Waals surface area contributed by atoms with Gasteiger partial charge in [0.1, 0.15) is 5.00 Å². The first-order valence-corrected chi connectivity index (χ1v) is 24.8. The van der Waals surface area contributed by atoms with Crippen LogP contribution in [-0.4, -0.2) is 134 Å². The molecule has 17 nitrogen and oxygen atoms in total. The van der Waals surface area contributed by atoms with Crippen LogP contribution in [0.25, 0.3) is 5.69 Å². The summed E-state index contributed by atoms with van der Waals surface area (Å²) in [4.78, 5) is 66.5. The van der Waals surface area contributed by atoms with Gasteiger partial charge in [0.05, 0.1) is 74.0 Å². The van der Waals surface area contributed by atoms with E-state index < -0.39 is 27.9 Å². The first-order chi connectivity index (χ1) is 31.7. The lowest BCUT2D eigenvalue weighted by atomic mass is 9.92. The van der Waals surface area contributed by atoms with Gasteiger partial charge < -0.3 is 34.9 Å². The molecular weight excluding hydrogens is 912 g/mol. The minimum absolute atomic E-state index is 0.0147. The molecule has 0 saturated heterocycles. The third-order valence-electron chi connectivity index (χ3n) is 11.0. The number of hydrogen-bond donors (Lipinski definition) is 3. The average Bonchev–Trinajstić information content (AvgIpc) is 3.95. The molecule has 2 aromatic carbocycles. The molecular formula is C46H59ClN6O11S2. The van der Waals surface area contributed by atoms with Crippen molar-refractivity contribution >= 4 is 67.4 Å². The average molecular weight is 972 g/mol. The van der Waals surface area contributed by atoms with Gasteiger partial charge in [0.15, 0.2) is 5.78 Å². The molecule has 5 rings (SSSR count). The van der Waals surface area contributed by atoms with Crippen LogP contribution in [0.2, 0.25) is 5.02 Å². The maximum atomic E-state index is 14.4. The van der Waals surface area contributed by atoms with E-state index in [0.717, 1.165) is 35.4 Å². The van der Waals surface area contributed by atoms with E-state index >= 15 is 0 Å². The fourth-order valence-electron chi connectivity index (χ4n) is 7.35. The molecule has 20 heteroatoms. The quantitative estimate of drug-likeness (QED) is 0.0441. The highest BCUT2D eigenvalue weighted by molar-refractivity contribution is 7.89. The number of halogens is 1. The molecule has 358 valence electrons. The van der Waals surface area contributed by atoms with Crippen molar-refractivity contribution in [2.24, 2.45) is 0 Å². The fourth-order valence-corrected chi connectivity index (χ4v) is 10.6. The topological polar surface area (TPSA) is 216 Å². The van der Waals surface area contributed by atoms with Crippen molar-refractivity contribution < 1.29 is 51.7 Å². The Hall–Kier alpha value is -5.02. The number of rotatable bonds is 28. The molecule has 0 fully saturated rings. The lowest BCUT2D eigenvalue weighted by Gasteiger charge is -2.31. The second-order valence-electron chi connectivity index (χ2n) is 15.6. The molecule has 0 atom stereocenters. The van der Waals surface area contributed by atoms with Crippen molar-refractivity contribution in [2.75, 3.05) is 71.6 Å². The molecule has 2 heterocycles. The normalized spacial score (nSPS) is 12.6. The maximum Gasteiger partial charge on any atom is 0.305 e. The number of aryl methyl sites for hydroxylation is 1. The molecule has 0 spiro atoms. The molecule has 0 aliphatic heterocycles. The minimum atomic E-state index is -4.17. The van der Waals surface area contributed by atoms with E-state index in [0.29, 0.717) is 60.2 Å². The monoisotopic (exact) mass is 970 g/mol. The van der Waals surface area contributed by atoms with Gasteiger partial charge in [-0.25, -0.2) is 13.1 Å². The predicted octanol–water partition coefficient (Wildman–Crippen LogP) is 6.01. The van der Waals surface area contributed by atoms with Gasteiger partial charge in [0.2, 0.25) is 21.8 Å². The zero-order valence-corrected chi connectivity index (χ0v) is 40.0. The molecule has 0 bridgehead atoms. The maximum absolute atomic E-state index is 14.4. The van der Waals surface area contributed by atoms with Crippen molar-refractivity contribution in [2.45, 2.75) is 82.6 Å². The first kappa shape index (κ1) is 52.0. The zero-order valence-electron chi connectivity index (χ0n) is 37.6. The van der Waals surface area contributed by atoms with Gasteiger partial charge in [0, 0.05) is 67.2 Å². The molecule has 4 aromatic rings. The fraction of sp³-hybridized carbons (Fsp3) is 0.478. The number of ether oxygens (including phenoxy) is 3. The van der Waals surface area contributed by atoms with Gasteiger partial charge in [-0.1, -0.05) is 31.5 Å². The number of nitrogens with one attached hydrogen (secondary N) is 2. The number of ketones is 1. The standard InChI is InChI=1S/C46H59ClN6O11S2/c1-4-35(5-2)53(22-21-51(3)41(55)18-17-40(54)48-20-24-63-26-28-64-27-25-62-23-19-42(56)57)66(60,61)37-10-8-9-32(29-37)45(59)50-46-43(38-11-6-7-12-39(38)65-46)44(58)33-30-49-52(31-33)36-15-13-34(47)14-16-36/h8-10,13-16,29-31,35H,4-7,11-12,17-28H2,1-3H3,(H,48,54)(H,50,59)(H,56,57). The van der Waals surface area contributed by atoms with Crippen LogP contribution >= 0.6 is 22.9 Å². The van der Waals surface area contributed by atoms with E-state index in [-0.39, 0.29) is 86.8 Å². The number of thiophene rings is 1. The first-order valence-electron chi connectivity index (χ1n) is 22.1. The highest BCUT2D eigenvalue weighted by Gasteiger charge is 2.32. The van der Waals surface area contributed by atoms with Crippen molar-refractivity contribution in [3.8, 4) is 5.69 Å². The predicted molar refractivity (Wildman–Crippen MR) is 250 cm³/mol. The Morgan fingerprint density at radius 3 is 2.26 bits per heavy atom. The molecule has 1 aliphatic carbocycles. The lowest BCUT2D eigenvalue weighted by Crippen LogP contribution is -2.44. The number of anilines is 1. The summed E-state index contributed by atoms with van der Waals surface area (Å²) >= 11 is 7.43. The van der Waals surface area contributed by atoms with Gasteiger partial charge in [-0.15, -0.1) is 11.3 Å². The highest BCUT2D eigenvalue weighted by atomic mass is 35.5. The SMILES string of the molecule is CCC(CC)N(CCN(C)C(=O)CCC(=O)NCCOCCOCCOCCC(=O)O)S(=O)(=O)c1cccc(C(=O)Nc2sc3c(c2C(=O)c2cnn(-c4ccc(Cl)cc4)c2)CCCC3)c1. The third-order valence-corrected chi connectivity index (χ3v) is 14.4. The zero-order chi connectivity index (χ0) is 47.6. The number of likely N-dealkylation sites (N-methyl/N-ethyl adjacent to an activating group) is 1. The van der Waals surface area contributed by atoms with Gasteiger partial charge in [-0.3, -0.25) is 24.0 Å². The minimum Gasteiger partial charge on any atom is -0.481 e. The van der Waals surface area contributed by atoms with Gasteiger partial charge >= 0.3 is 5.97 Å². The van der Waals surface area contributed by atoms with Crippen molar-refractivity contribution in [3.05, 3.63) is 93.1 Å². The Labute approximate surface area is 394 Å². The van der Waals surface area contributed by atoms with Crippen molar-refractivity contribution in [1.29, 1.82) is 0 Å². The summed E-state index contributed by atoms with van der Waals surface area (Å²) in [7, 11) is -2.61. The second-order valence-corrected chi connectivity index (χ2v) is 19.0. The Bertz CT molecular complexity index is 2380. The molecule has 3 N–H and O–H groups in total. The second kappa shape index (κ2) is 25.8. The van der Waals surface area contributed by atoms with Crippen LogP contribution in [-0.2, 0) is 51.5 Å². The summed E-state index contributed by atoms with van der Waals surface area (Å²) in [6, 6.07) is 12.5. The number of carboxylic acid groups (broad SMARTS) is 1. The van der Waals surface area contributed by atoms with Crippen LogP contribution in [0, 0.1) is 0 Å². The Balaban J connectivity index is 1.16. The smallest absolute Gasteiger partial charge is 0.305 e. The summed E-state index contributed by atoms with van der Waals surface area (Å²) in [5.74, 6) is -2.41. The Morgan fingerprint density at radius 2 is 1.56 bits per heavy atom. The molecule has 1 aliphatic rings. The number of benzene rings is 2. The molecule has 3 amide bonds. The van der Waals surface area contributed by atoms with E-state index in [4.69, 9.17) is 30.9 Å². The molecule has 2 aromatic heterocycles. The summed E-state index contributed by atoms with van der Waals surface area (Å²) in [6.45, 7) is 5.61. The number of carbonyl (C=O) groups is 5. The van der Waals surface area contributed by atoms with Gasteiger partial charge in [-0.2, -0.15) is 9.40 Å². The number of carbonyl (C=O) groups excluding carboxylic acids is 4. The number of sulfonamides is 1. The van der Waals surface area contributed by atoms with E-state index in [1.807, 2.05) is 13.8 Å². The number of hydrogen-bond acceptors (Lipinski definition) is 12. The number of aromatic nitrogens is 2. The van der Waals surface area contributed by atoms with Gasteiger partial charge in [0.25, 0.3) is 5.91 Å². The Morgan fingerprint density at radius 1 is 0.879 bits per heavy atom. The molecule has 0 saturated carbocycles. The summed E-state index contributed by atoms with van der Waals surface area (Å²) < 4.78 is 47.6. The van der Waals surface area contributed by atoms with E-state index in [1.165, 1.54) is 51.0 Å². The number of fused-ring (bicyclic) bond motifs is 1.